The zero-order chi connectivity index (χ0) is 23.0. The van der Waals surface area contributed by atoms with Crippen LogP contribution in [0, 0.1) is 0 Å². The second-order valence-electron chi connectivity index (χ2n) is 8.52. The third kappa shape index (κ3) is 4.67. The number of nitrogens with one attached hydrogen (secondary N) is 1. The highest BCUT2D eigenvalue weighted by atomic mass is 19.3. The number of fused-ring (bicyclic) bond motifs is 1. The number of hydrogen-bond donors (Lipinski definition) is 1. The highest BCUT2D eigenvalue weighted by molar-refractivity contribution is 5.72. The van der Waals surface area contributed by atoms with Crippen molar-refractivity contribution in [3.05, 3.63) is 51.7 Å². The summed E-state index contributed by atoms with van der Waals surface area (Å²) < 4.78 is 35.6. The molecule has 2 fully saturated rings. The van der Waals surface area contributed by atoms with Gasteiger partial charge in [0.05, 0.1) is 24.6 Å². The fraction of sp³-hybridized carbons (Fsp3) is 0.524. The number of halogens is 2. The molecule has 0 bridgehead atoms. The first-order chi connectivity index (χ1) is 15.9. The summed E-state index contributed by atoms with van der Waals surface area (Å²) in [7, 11) is 0. The van der Waals surface area contributed by atoms with Crippen molar-refractivity contribution in [2.45, 2.75) is 31.3 Å². The van der Waals surface area contributed by atoms with Crippen molar-refractivity contribution in [2.75, 3.05) is 44.2 Å². The maximum Gasteiger partial charge on any atom is 0.332 e. The summed E-state index contributed by atoms with van der Waals surface area (Å²) in [6.07, 6.45) is 5.28. The molecule has 3 aromatic heterocycles. The van der Waals surface area contributed by atoms with Crippen molar-refractivity contribution in [2.24, 2.45) is 0 Å². The zero-order valence-corrected chi connectivity index (χ0v) is 18.0. The van der Waals surface area contributed by atoms with Gasteiger partial charge in [0.2, 0.25) is 0 Å². The number of aromatic nitrogens is 5. The van der Waals surface area contributed by atoms with Crippen molar-refractivity contribution in [3.63, 3.8) is 0 Å². The van der Waals surface area contributed by atoms with Crippen LogP contribution in [-0.4, -0.2) is 80.4 Å². The number of H-pyrrole nitrogens is 1. The summed E-state index contributed by atoms with van der Waals surface area (Å²) in [5.74, 6) is -1.80. The molecule has 0 amide bonds. The maximum atomic E-state index is 13.3. The quantitative estimate of drug-likeness (QED) is 0.582. The Morgan fingerprint density at radius 3 is 2.82 bits per heavy atom. The molecule has 2 saturated heterocycles. The Hall–Kier alpha value is -3.12. The topological polar surface area (TPSA) is 101 Å². The Morgan fingerprint density at radius 1 is 1.21 bits per heavy atom. The van der Waals surface area contributed by atoms with Crippen LogP contribution in [0.25, 0.3) is 11.2 Å². The van der Waals surface area contributed by atoms with Crippen molar-refractivity contribution in [1.29, 1.82) is 0 Å². The van der Waals surface area contributed by atoms with Gasteiger partial charge in [-0.1, -0.05) is 0 Å². The number of ether oxygens (including phenoxy) is 1. The van der Waals surface area contributed by atoms with Gasteiger partial charge in [0.25, 0.3) is 11.5 Å². The minimum atomic E-state index is -2.53. The molecule has 1 unspecified atom stereocenters. The highest BCUT2D eigenvalue weighted by Gasteiger charge is 2.34. The number of aromatic amines is 1. The van der Waals surface area contributed by atoms with Crippen LogP contribution in [0.1, 0.15) is 19.3 Å². The van der Waals surface area contributed by atoms with Gasteiger partial charge >= 0.3 is 5.69 Å². The summed E-state index contributed by atoms with van der Waals surface area (Å²) in [6, 6.07) is 3.09. The summed E-state index contributed by atoms with van der Waals surface area (Å²) in [6.45, 7) is 3.38. The SMILES string of the molecule is O=c1ccn(-c2cc3c(N4CCC(OCCN5CCC(F)(F)CC5)C4)ncnn3c2)c(=O)[nH]1. The van der Waals surface area contributed by atoms with Crippen molar-refractivity contribution < 1.29 is 13.5 Å². The number of nitrogens with zero attached hydrogens (tertiary/aromatic N) is 6. The van der Waals surface area contributed by atoms with Gasteiger partial charge in [0.15, 0.2) is 5.82 Å². The molecule has 12 heteroatoms. The molecule has 2 aliphatic rings. The number of anilines is 1. The summed E-state index contributed by atoms with van der Waals surface area (Å²) >= 11 is 0. The Balaban J connectivity index is 1.23. The van der Waals surface area contributed by atoms with Crippen molar-refractivity contribution in [3.8, 4) is 5.69 Å². The first-order valence-electron chi connectivity index (χ1n) is 11.0. The van der Waals surface area contributed by atoms with E-state index in [4.69, 9.17) is 4.74 Å². The molecule has 1 atom stereocenters. The Labute approximate surface area is 187 Å². The van der Waals surface area contributed by atoms with Crippen LogP contribution < -0.4 is 16.1 Å². The van der Waals surface area contributed by atoms with Gasteiger partial charge in [-0.15, -0.1) is 0 Å². The fourth-order valence-corrected chi connectivity index (χ4v) is 4.41. The van der Waals surface area contributed by atoms with E-state index < -0.39 is 17.2 Å². The average Bonchev–Trinajstić information content (AvgIpc) is 3.42. The van der Waals surface area contributed by atoms with Crippen molar-refractivity contribution >= 4 is 11.3 Å². The molecule has 3 aromatic rings. The fourth-order valence-electron chi connectivity index (χ4n) is 4.41. The summed E-state index contributed by atoms with van der Waals surface area (Å²) in [5.41, 5.74) is 0.319. The van der Waals surface area contributed by atoms with Crippen LogP contribution in [-0.2, 0) is 4.74 Å². The lowest BCUT2D eigenvalue weighted by Crippen LogP contribution is -2.41. The third-order valence-electron chi connectivity index (χ3n) is 6.27. The Bertz CT molecular complexity index is 1240. The van der Waals surface area contributed by atoms with Gasteiger partial charge < -0.3 is 14.5 Å². The van der Waals surface area contributed by atoms with E-state index in [1.54, 1.807) is 16.8 Å². The molecule has 2 aliphatic heterocycles. The molecule has 5 rings (SSSR count). The average molecular weight is 461 g/mol. The van der Waals surface area contributed by atoms with Crippen LogP contribution in [0.3, 0.4) is 0 Å². The normalized spacial score (nSPS) is 21.2. The van der Waals surface area contributed by atoms with Gasteiger partial charge in [-0.05, 0) is 12.5 Å². The van der Waals surface area contributed by atoms with Crippen LogP contribution in [0.2, 0.25) is 0 Å². The molecule has 176 valence electrons. The van der Waals surface area contributed by atoms with Gasteiger partial charge in [-0.2, -0.15) is 5.10 Å². The first-order valence-corrected chi connectivity index (χ1v) is 11.0. The standard InChI is InChI=1S/C21H25F2N7O3/c22-21(23)3-7-27(8-4-21)9-10-33-16-1-5-28(13-16)19-17-11-15(12-30(17)25-14-24-19)29-6-2-18(31)26-20(29)32/h2,6,11-12,14,16H,1,3-5,7-10,13H2,(H,26,31,32). The Kier molecular flexibility index (Phi) is 5.71. The van der Waals surface area contributed by atoms with Crippen LogP contribution >= 0.6 is 0 Å². The van der Waals surface area contributed by atoms with Crippen molar-refractivity contribution in [1.82, 2.24) is 29.0 Å². The number of hydrogen-bond acceptors (Lipinski definition) is 7. The third-order valence-corrected chi connectivity index (χ3v) is 6.27. The second kappa shape index (κ2) is 8.67. The van der Waals surface area contributed by atoms with Gasteiger partial charge in [0.1, 0.15) is 11.8 Å². The van der Waals surface area contributed by atoms with Gasteiger partial charge in [-0.25, -0.2) is 23.1 Å². The molecular formula is C21H25F2N7O3. The molecule has 10 nitrogen and oxygen atoms in total. The maximum absolute atomic E-state index is 13.3. The lowest BCUT2D eigenvalue weighted by Gasteiger charge is -2.31. The predicted octanol–water partition coefficient (Wildman–Crippen LogP) is 0.895. The molecule has 0 aromatic carbocycles. The first kappa shape index (κ1) is 21.7. The number of rotatable bonds is 6. The molecule has 0 aliphatic carbocycles. The Morgan fingerprint density at radius 2 is 2.03 bits per heavy atom. The highest BCUT2D eigenvalue weighted by Crippen LogP contribution is 2.28. The second-order valence-corrected chi connectivity index (χ2v) is 8.52. The van der Waals surface area contributed by atoms with Crippen LogP contribution in [0.15, 0.2) is 40.4 Å². The van der Waals surface area contributed by atoms with E-state index in [2.05, 4.69) is 20.0 Å². The summed E-state index contributed by atoms with van der Waals surface area (Å²) in [4.78, 5) is 34.3. The smallest absolute Gasteiger partial charge is 0.332 e. The van der Waals surface area contributed by atoms with E-state index in [1.807, 2.05) is 4.90 Å². The molecule has 1 N–H and O–H groups in total. The molecule has 33 heavy (non-hydrogen) atoms. The number of likely N-dealkylation sites (tertiary alicyclic amines) is 1. The van der Waals surface area contributed by atoms with E-state index >= 15 is 0 Å². The van der Waals surface area contributed by atoms with E-state index in [9.17, 15) is 18.4 Å². The van der Waals surface area contributed by atoms with Crippen LogP contribution in [0.4, 0.5) is 14.6 Å². The summed E-state index contributed by atoms with van der Waals surface area (Å²) in [5, 5.41) is 4.24. The molecule has 0 saturated carbocycles. The van der Waals surface area contributed by atoms with E-state index in [1.165, 1.54) is 23.2 Å². The number of piperidine rings is 1. The van der Waals surface area contributed by atoms with E-state index in [0.717, 1.165) is 24.3 Å². The largest absolute Gasteiger partial charge is 0.375 e. The number of alkyl halides is 2. The minimum absolute atomic E-state index is 0.0301. The molecular weight excluding hydrogens is 436 g/mol. The van der Waals surface area contributed by atoms with E-state index in [0.29, 0.717) is 38.5 Å². The molecule has 0 spiro atoms. The lowest BCUT2D eigenvalue weighted by molar-refractivity contribution is -0.0605. The van der Waals surface area contributed by atoms with Gasteiger partial charge in [0, 0.05) is 57.8 Å². The zero-order valence-electron chi connectivity index (χ0n) is 18.0. The monoisotopic (exact) mass is 461 g/mol. The molecule has 5 heterocycles. The van der Waals surface area contributed by atoms with Crippen LogP contribution in [0.5, 0.6) is 0 Å². The minimum Gasteiger partial charge on any atom is -0.375 e. The van der Waals surface area contributed by atoms with Gasteiger partial charge in [-0.3, -0.25) is 14.3 Å². The molecule has 0 radical (unpaired) electrons. The van der Waals surface area contributed by atoms with E-state index in [-0.39, 0.29) is 18.9 Å². The predicted molar refractivity (Wildman–Crippen MR) is 116 cm³/mol. The lowest BCUT2D eigenvalue weighted by atomic mass is 10.1.